The zero-order chi connectivity index (χ0) is 23.9. The fourth-order valence-corrected chi connectivity index (χ4v) is 2.61. The predicted octanol–water partition coefficient (Wildman–Crippen LogP) is 1.69. The summed E-state index contributed by atoms with van der Waals surface area (Å²) in [5, 5.41) is 1.54. The van der Waals surface area contributed by atoms with Gasteiger partial charge in [0.1, 0.15) is 0 Å². The highest BCUT2D eigenvalue weighted by Gasteiger charge is 2.77. The average molecular weight is 459 g/mol. The molecule has 0 heterocycles. The highest BCUT2D eigenvalue weighted by Crippen LogP contribution is 2.46. The number of carbonyl (C=O) groups excluding carboxylic acids is 1. The average Bonchev–Trinajstić information content (AvgIpc) is 2.55. The first-order valence-corrected chi connectivity index (χ1v) is 9.70. The lowest BCUT2D eigenvalue weighted by atomic mass is 10.0. The first-order valence-electron chi connectivity index (χ1n) is 8.13. The summed E-state index contributed by atoms with van der Waals surface area (Å²) >= 11 is 0. The van der Waals surface area contributed by atoms with Gasteiger partial charge in [-0.15, -0.1) is 13.2 Å². The molecule has 1 atom stereocenters. The van der Waals surface area contributed by atoms with Gasteiger partial charge in [-0.3, -0.25) is 4.79 Å². The Bertz CT molecular complexity index is 640. The van der Waals surface area contributed by atoms with Crippen molar-refractivity contribution in [1.29, 1.82) is 0 Å². The van der Waals surface area contributed by atoms with E-state index in [2.05, 4.69) is 13.2 Å². The van der Waals surface area contributed by atoms with Crippen LogP contribution in [0.15, 0.2) is 13.2 Å². The van der Waals surface area contributed by atoms with Crippen LogP contribution >= 0.6 is 0 Å². The van der Waals surface area contributed by atoms with Crippen molar-refractivity contribution in [2.45, 2.75) is 30.7 Å². The fraction of sp³-hybridized carbons (Fsp3) is 0.800. The largest absolute Gasteiger partial charge is 0.748 e. The molecule has 0 spiro atoms. The van der Waals surface area contributed by atoms with Crippen LogP contribution in [0.4, 0.5) is 26.3 Å². The van der Waals surface area contributed by atoms with E-state index in [0.717, 1.165) is 0 Å². The SMILES string of the molecule is C=C.CN(C)C(F)(F)C(F)(C(=O)NC[N+](C)(C)CCCCS(=O)(=O)[O-])C(F)(F)F. The normalized spacial score (nSPS) is 15.3. The summed E-state index contributed by atoms with van der Waals surface area (Å²) in [5.74, 6) is -3.18. The summed E-state index contributed by atoms with van der Waals surface area (Å²) in [4.78, 5) is 11.4. The Balaban J connectivity index is 0. The van der Waals surface area contributed by atoms with E-state index in [1.807, 2.05) is 0 Å². The van der Waals surface area contributed by atoms with Crippen molar-refractivity contribution in [3.05, 3.63) is 13.2 Å². The van der Waals surface area contributed by atoms with E-state index in [-0.39, 0.29) is 28.8 Å². The summed E-state index contributed by atoms with van der Waals surface area (Å²) in [7, 11) is -0.637. The number of rotatable bonds is 10. The number of unbranched alkanes of at least 4 members (excludes halogenated alkanes) is 1. The van der Waals surface area contributed by atoms with E-state index in [1.165, 1.54) is 19.4 Å². The third-order valence-electron chi connectivity index (χ3n) is 3.76. The number of hydrogen-bond acceptors (Lipinski definition) is 5. The monoisotopic (exact) mass is 459 g/mol. The van der Waals surface area contributed by atoms with E-state index in [0.29, 0.717) is 14.1 Å². The minimum atomic E-state index is -6.18. The number of amides is 1. The number of carbonyl (C=O) groups is 1. The summed E-state index contributed by atoms with van der Waals surface area (Å²) in [5.41, 5.74) is -5.47. The van der Waals surface area contributed by atoms with Gasteiger partial charge in [0.2, 0.25) is 0 Å². The molecule has 0 aromatic rings. The van der Waals surface area contributed by atoms with Crippen LogP contribution in [0.3, 0.4) is 0 Å². The van der Waals surface area contributed by atoms with E-state index in [9.17, 15) is 44.1 Å². The molecule has 174 valence electrons. The molecule has 0 fully saturated rings. The molecular weight excluding hydrogens is 432 g/mol. The van der Waals surface area contributed by atoms with Crippen LogP contribution in [0.25, 0.3) is 0 Å². The Labute approximate surface area is 166 Å². The van der Waals surface area contributed by atoms with Crippen LogP contribution < -0.4 is 5.32 Å². The second-order valence-corrected chi connectivity index (χ2v) is 8.41. The maximum Gasteiger partial charge on any atom is 0.439 e. The molecule has 14 heteroatoms. The van der Waals surface area contributed by atoms with Gasteiger partial charge in [-0.05, 0) is 26.9 Å². The van der Waals surface area contributed by atoms with Crippen molar-refractivity contribution in [2.75, 3.05) is 47.2 Å². The van der Waals surface area contributed by atoms with Gasteiger partial charge in [0.25, 0.3) is 5.91 Å². The lowest BCUT2D eigenvalue weighted by Gasteiger charge is -2.38. The highest BCUT2D eigenvalue weighted by atomic mass is 32.2. The summed E-state index contributed by atoms with van der Waals surface area (Å²) in [6, 6.07) is -5.16. The Kier molecular flexibility index (Phi) is 10.9. The van der Waals surface area contributed by atoms with E-state index in [4.69, 9.17) is 0 Å². The van der Waals surface area contributed by atoms with Gasteiger partial charge in [0, 0.05) is 5.75 Å². The zero-order valence-electron chi connectivity index (χ0n) is 16.7. The minimum absolute atomic E-state index is 0.0320. The van der Waals surface area contributed by atoms with Crippen LogP contribution in [-0.4, -0.2) is 93.3 Å². The topological polar surface area (TPSA) is 89.5 Å². The Morgan fingerprint density at radius 1 is 1.07 bits per heavy atom. The van der Waals surface area contributed by atoms with Gasteiger partial charge in [-0.2, -0.15) is 22.0 Å². The molecule has 1 N–H and O–H groups in total. The van der Waals surface area contributed by atoms with Crippen molar-refractivity contribution < 1.29 is 48.6 Å². The molecule has 29 heavy (non-hydrogen) atoms. The van der Waals surface area contributed by atoms with Crippen LogP contribution in [0, 0.1) is 0 Å². The maximum atomic E-state index is 14.3. The molecule has 0 aromatic carbocycles. The van der Waals surface area contributed by atoms with Gasteiger partial charge in [-0.1, -0.05) is 0 Å². The van der Waals surface area contributed by atoms with Gasteiger partial charge < -0.3 is 14.4 Å². The number of halogens is 6. The van der Waals surface area contributed by atoms with Crippen molar-refractivity contribution >= 4 is 16.0 Å². The van der Waals surface area contributed by atoms with E-state index < -0.39 is 46.3 Å². The second-order valence-electron chi connectivity index (χ2n) is 6.88. The molecule has 0 aliphatic carbocycles. The molecule has 0 saturated carbocycles. The summed E-state index contributed by atoms with van der Waals surface area (Å²) < 4.78 is 112. The van der Waals surface area contributed by atoms with Crippen molar-refractivity contribution in [3.8, 4) is 0 Å². The molecule has 0 rings (SSSR count). The van der Waals surface area contributed by atoms with Crippen molar-refractivity contribution in [1.82, 2.24) is 10.2 Å². The number of nitrogens with one attached hydrogen (secondary N) is 1. The standard InChI is InChI=1S/C13H23F6N3O4S.C2H4/c1-21(2)13(18,19)11(14,12(15,16)17)10(23)20-9-22(3,4)7-5-6-8-27(24,25)26;1-2/h5-9H2,1-4H3,(H-,20,23,24,25,26);1-2H2. The lowest BCUT2D eigenvalue weighted by molar-refractivity contribution is -0.892. The Morgan fingerprint density at radius 2 is 1.52 bits per heavy atom. The predicted molar refractivity (Wildman–Crippen MR) is 93.6 cm³/mol. The molecule has 0 saturated heterocycles. The molecule has 7 nitrogen and oxygen atoms in total. The first-order chi connectivity index (χ1) is 12.8. The number of quaternary nitrogens is 1. The Hall–Kier alpha value is -1.38. The quantitative estimate of drug-likeness (QED) is 0.102. The summed E-state index contributed by atoms with van der Waals surface area (Å²) in [6.45, 7) is 5.46. The second kappa shape index (κ2) is 10.6. The van der Waals surface area contributed by atoms with Gasteiger partial charge in [-0.25, -0.2) is 17.7 Å². The molecule has 1 amide bonds. The van der Waals surface area contributed by atoms with Crippen LogP contribution in [-0.2, 0) is 14.9 Å². The van der Waals surface area contributed by atoms with E-state index >= 15 is 0 Å². The van der Waals surface area contributed by atoms with Crippen LogP contribution in [0.5, 0.6) is 0 Å². The Morgan fingerprint density at radius 3 is 1.86 bits per heavy atom. The third kappa shape index (κ3) is 8.48. The smallest absolute Gasteiger partial charge is 0.439 e. The molecule has 0 aromatic heterocycles. The van der Waals surface area contributed by atoms with E-state index in [1.54, 1.807) is 0 Å². The van der Waals surface area contributed by atoms with Crippen LogP contribution in [0.2, 0.25) is 0 Å². The number of alkyl halides is 6. The molecule has 0 radical (unpaired) electrons. The molecule has 0 aliphatic rings. The van der Waals surface area contributed by atoms with Gasteiger partial charge in [0.05, 0.1) is 30.8 Å². The molecular formula is C15H27F6N3O4S. The summed E-state index contributed by atoms with van der Waals surface area (Å²) in [6.07, 6.45) is -6.06. The zero-order valence-corrected chi connectivity index (χ0v) is 17.5. The lowest BCUT2D eigenvalue weighted by Crippen LogP contribution is -2.69. The minimum Gasteiger partial charge on any atom is -0.748 e. The highest BCUT2D eigenvalue weighted by molar-refractivity contribution is 7.85. The molecule has 0 aliphatic heterocycles. The van der Waals surface area contributed by atoms with Crippen molar-refractivity contribution in [3.63, 3.8) is 0 Å². The van der Waals surface area contributed by atoms with Gasteiger partial charge >= 0.3 is 17.9 Å². The van der Waals surface area contributed by atoms with Crippen LogP contribution in [0.1, 0.15) is 12.8 Å². The number of nitrogens with zero attached hydrogens (tertiary/aromatic N) is 2. The number of hydrogen-bond donors (Lipinski definition) is 1. The third-order valence-corrected chi connectivity index (χ3v) is 4.54. The maximum absolute atomic E-state index is 14.3. The first kappa shape index (κ1) is 29.8. The van der Waals surface area contributed by atoms with Crippen molar-refractivity contribution in [2.24, 2.45) is 0 Å². The molecule has 1 unspecified atom stereocenters. The fourth-order valence-electron chi connectivity index (χ4n) is 2.05. The van der Waals surface area contributed by atoms with Gasteiger partial charge in [0.15, 0.2) is 6.67 Å². The molecule has 0 bridgehead atoms.